The van der Waals surface area contributed by atoms with Gasteiger partial charge in [-0.15, -0.1) is 0 Å². The fraction of sp³-hybridized carbons (Fsp3) is 0.529. The van der Waals surface area contributed by atoms with Crippen LogP contribution in [0.1, 0.15) is 57.4 Å². The summed E-state index contributed by atoms with van der Waals surface area (Å²) in [5.74, 6) is 0.828. The molecule has 2 rings (SSSR count). The molecule has 1 aromatic rings. The van der Waals surface area contributed by atoms with E-state index in [1.54, 1.807) is 5.57 Å². The molecule has 1 aromatic carbocycles. The minimum Gasteiger partial charge on any atom is -0.0804 e. The molecular formula is C17H24. The quantitative estimate of drug-likeness (QED) is 0.588. The number of unbranched alkanes of at least 4 members (excludes halogenated alkanes) is 2. The van der Waals surface area contributed by atoms with E-state index in [4.69, 9.17) is 0 Å². The van der Waals surface area contributed by atoms with Crippen LogP contribution in [0.4, 0.5) is 0 Å². The molecule has 0 spiro atoms. The Morgan fingerprint density at radius 1 is 1.18 bits per heavy atom. The van der Waals surface area contributed by atoms with Crippen LogP contribution in [-0.4, -0.2) is 0 Å². The second kappa shape index (κ2) is 6.64. The van der Waals surface area contributed by atoms with Crippen molar-refractivity contribution in [3.05, 3.63) is 42.0 Å². The molecular weight excluding hydrogens is 204 g/mol. The molecule has 0 amide bonds. The van der Waals surface area contributed by atoms with Crippen LogP contribution in [0.25, 0.3) is 5.57 Å². The number of hydrogen-bond donors (Lipinski definition) is 0. The molecule has 0 unspecified atom stereocenters. The topological polar surface area (TPSA) is 0 Å². The Hall–Kier alpha value is -1.04. The molecule has 17 heavy (non-hydrogen) atoms. The van der Waals surface area contributed by atoms with Gasteiger partial charge in [-0.3, -0.25) is 0 Å². The van der Waals surface area contributed by atoms with Crippen LogP contribution >= 0.6 is 0 Å². The second-order valence-corrected chi connectivity index (χ2v) is 5.15. The first-order valence-corrected chi connectivity index (χ1v) is 7.17. The molecule has 92 valence electrons. The molecule has 0 saturated heterocycles. The van der Waals surface area contributed by atoms with Crippen LogP contribution in [0.3, 0.4) is 0 Å². The lowest BCUT2D eigenvalue weighted by Crippen LogP contribution is -1.98. The lowest BCUT2D eigenvalue weighted by atomic mass is 9.90. The summed E-state index contributed by atoms with van der Waals surface area (Å²) in [5, 5.41) is 0. The summed E-state index contributed by atoms with van der Waals surface area (Å²) in [6.45, 7) is 2.27. The Balaban J connectivity index is 2.14. The van der Waals surface area contributed by atoms with Crippen molar-refractivity contribution in [2.24, 2.45) is 5.92 Å². The predicted octanol–water partition coefficient (Wildman–Crippen LogP) is 5.45. The zero-order valence-corrected chi connectivity index (χ0v) is 11.0. The van der Waals surface area contributed by atoms with Crippen LogP contribution in [-0.2, 0) is 0 Å². The van der Waals surface area contributed by atoms with Crippen LogP contribution in [0, 0.1) is 5.92 Å². The van der Waals surface area contributed by atoms with Gasteiger partial charge in [-0.1, -0.05) is 69.0 Å². The van der Waals surface area contributed by atoms with E-state index in [1.807, 2.05) is 0 Å². The number of rotatable bonds is 5. The third kappa shape index (κ3) is 3.46. The van der Waals surface area contributed by atoms with Gasteiger partial charge in [0.25, 0.3) is 0 Å². The fourth-order valence-corrected chi connectivity index (χ4v) is 2.85. The highest BCUT2D eigenvalue weighted by Crippen LogP contribution is 2.36. The van der Waals surface area contributed by atoms with Crippen LogP contribution in [0.15, 0.2) is 36.4 Å². The smallest absolute Gasteiger partial charge is 0.0159 e. The van der Waals surface area contributed by atoms with Crippen molar-refractivity contribution in [2.45, 2.75) is 51.9 Å². The standard InChI is InChI=1S/C17H24/c1-2-3-5-14-17(16-12-8-9-13-16)15-10-6-4-7-11-15/h4,6-7,10-11,14,16H,2-3,5,8-9,12-13H2,1H3/b17-14-. The maximum absolute atomic E-state index is 2.51. The van der Waals surface area contributed by atoms with Crippen molar-refractivity contribution < 1.29 is 0 Å². The summed E-state index contributed by atoms with van der Waals surface area (Å²) in [4.78, 5) is 0. The molecule has 1 saturated carbocycles. The molecule has 0 heteroatoms. The molecule has 0 atom stereocenters. The van der Waals surface area contributed by atoms with Crippen LogP contribution in [0.5, 0.6) is 0 Å². The van der Waals surface area contributed by atoms with Gasteiger partial charge in [0.1, 0.15) is 0 Å². The molecule has 1 aliphatic carbocycles. The zero-order valence-electron chi connectivity index (χ0n) is 11.0. The van der Waals surface area contributed by atoms with Crippen molar-refractivity contribution in [3.8, 4) is 0 Å². The van der Waals surface area contributed by atoms with E-state index >= 15 is 0 Å². The lowest BCUT2D eigenvalue weighted by Gasteiger charge is -2.15. The normalized spacial score (nSPS) is 17.6. The average Bonchev–Trinajstić information content (AvgIpc) is 2.89. The molecule has 0 N–H and O–H groups in total. The Morgan fingerprint density at radius 2 is 1.88 bits per heavy atom. The van der Waals surface area contributed by atoms with Gasteiger partial charge in [0.2, 0.25) is 0 Å². The van der Waals surface area contributed by atoms with E-state index in [-0.39, 0.29) is 0 Å². The van der Waals surface area contributed by atoms with E-state index < -0.39 is 0 Å². The van der Waals surface area contributed by atoms with E-state index in [2.05, 4.69) is 43.3 Å². The van der Waals surface area contributed by atoms with Crippen molar-refractivity contribution in [2.75, 3.05) is 0 Å². The lowest BCUT2D eigenvalue weighted by molar-refractivity contribution is 0.700. The molecule has 0 aliphatic heterocycles. The Kier molecular flexibility index (Phi) is 4.85. The predicted molar refractivity (Wildman–Crippen MR) is 75.9 cm³/mol. The molecule has 0 aromatic heterocycles. The first-order valence-electron chi connectivity index (χ1n) is 7.17. The summed E-state index contributed by atoms with van der Waals surface area (Å²) >= 11 is 0. The first-order chi connectivity index (χ1) is 8.42. The summed E-state index contributed by atoms with van der Waals surface area (Å²) in [7, 11) is 0. The molecule has 0 nitrogen and oxygen atoms in total. The second-order valence-electron chi connectivity index (χ2n) is 5.15. The third-order valence-corrected chi connectivity index (χ3v) is 3.82. The summed E-state index contributed by atoms with van der Waals surface area (Å²) in [6.07, 6.45) is 12.0. The van der Waals surface area contributed by atoms with Crippen molar-refractivity contribution in [3.63, 3.8) is 0 Å². The largest absolute Gasteiger partial charge is 0.0804 e. The molecule has 0 radical (unpaired) electrons. The maximum atomic E-state index is 2.51. The van der Waals surface area contributed by atoms with Gasteiger partial charge in [-0.05, 0) is 36.3 Å². The monoisotopic (exact) mass is 228 g/mol. The summed E-state index contributed by atoms with van der Waals surface area (Å²) in [6, 6.07) is 11.0. The Labute approximate surface area is 106 Å². The summed E-state index contributed by atoms with van der Waals surface area (Å²) < 4.78 is 0. The van der Waals surface area contributed by atoms with E-state index in [0.717, 1.165) is 5.92 Å². The van der Waals surface area contributed by atoms with E-state index in [9.17, 15) is 0 Å². The van der Waals surface area contributed by atoms with Gasteiger partial charge >= 0.3 is 0 Å². The zero-order chi connectivity index (χ0) is 11.9. The van der Waals surface area contributed by atoms with Crippen molar-refractivity contribution in [1.82, 2.24) is 0 Å². The Bertz CT molecular complexity index is 342. The van der Waals surface area contributed by atoms with Crippen molar-refractivity contribution >= 4 is 5.57 Å². The van der Waals surface area contributed by atoms with Gasteiger partial charge in [-0.25, -0.2) is 0 Å². The number of hydrogen-bond acceptors (Lipinski definition) is 0. The molecule has 1 fully saturated rings. The Morgan fingerprint density at radius 3 is 2.53 bits per heavy atom. The highest BCUT2D eigenvalue weighted by molar-refractivity contribution is 5.67. The highest BCUT2D eigenvalue weighted by atomic mass is 14.2. The van der Waals surface area contributed by atoms with E-state index in [1.165, 1.54) is 50.5 Å². The van der Waals surface area contributed by atoms with E-state index in [0.29, 0.717) is 0 Å². The van der Waals surface area contributed by atoms with Gasteiger partial charge in [0, 0.05) is 0 Å². The average molecular weight is 228 g/mol. The first kappa shape index (κ1) is 12.4. The third-order valence-electron chi connectivity index (χ3n) is 3.82. The van der Waals surface area contributed by atoms with Gasteiger partial charge in [0.15, 0.2) is 0 Å². The van der Waals surface area contributed by atoms with Gasteiger partial charge < -0.3 is 0 Å². The van der Waals surface area contributed by atoms with Crippen LogP contribution < -0.4 is 0 Å². The number of allylic oxidation sites excluding steroid dienone is 2. The SMILES string of the molecule is CCCC/C=C(/c1ccccc1)C1CCCC1. The van der Waals surface area contributed by atoms with Gasteiger partial charge in [-0.2, -0.15) is 0 Å². The molecule has 0 heterocycles. The highest BCUT2D eigenvalue weighted by Gasteiger charge is 2.19. The number of benzene rings is 1. The molecule has 0 bridgehead atoms. The minimum atomic E-state index is 0.828. The molecule has 1 aliphatic rings. The maximum Gasteiger partial charge on any atom is -0.0159 e. The van der Waals surface area contributed by atoms with Crippen LogP contribution in [0.2, 0.25) is 0 Å². The van der Waals surface area contributed by atoms with Crippen molar-refractivity contribution in [1.29, 1.82) is 0 Å². The fourth-order valence-electron chi connectivity index (χ4n) is 2.85. The summed E-state index contributed by atoms with van der Waals surface area (Å²) in [5.41, 5.74) is 3.08. The minimum absolute atomic E-state index is 0.828. The van der Waals surface area contributed by atoms with Gasteiger partial charge in [0.05, 0.1) is 0 Å².